The summed E-state index contributed by atoms with van der Waals surface area (Å²) in [7, 11) is -2.75. The van der Waals surface area contributed by atoms with Gasteiger partial charge in [-0.2, -0.15) is 0 Å². The fraction of sp³-hybridized carbons (Fsp3) is 1.00. The Labute approximate surface area is 91.3 Å². The van der Waals surface area contributed by atoms with Crippen LogP contribution in [-0.4, -0.2) is 49.8 Å². The minimum Gasteiger partial charge on any atom is -0.300 e. The molecule has 0 aromatic carbocycles. The van der Waals surface area contributed by atoms with Crippen molar-refractivity contribution in [3.63, 3.8) is 0 Å². The van der Waals surface area contributed by atoms with Crippen molar-refractivity contribution >= 4 is 21.4 Å². The smallest absolute Gasteiger partial charge is 0.151 e. The van der Waals surface area contributed by atoms with E-state index < -0.39 is 9.84 Å². The Kier molecular flexibility index (Phi) is 4.67. The van der Waals surface area contributed by atoms with Gasteiger partial charge in [0.05, 0.1) is 11.5 Å². The molecule has 1 aliphatic heterocycles. The second-order valence-electron chi connectivity index (χ2n) is 3.73. The van der Waals surface area contributed by atoms with Crippen LogP contribution in [0.2, 0.25) is 0 Å². The number of nitrogens with zero attached hydrogens (tertiary/aromatic N) is 1. The number of halogens is 1. The average molecular weight is 240 g/mol. The molecule has 1 unspecified atom stereocenters. The molecule has 1 atom stereocenters. The van der Waals surface area contributed by atoms with Gasteiger partial charge in [0.2, 0.25) is 0 Å². The average Bonchev–Trinajstić information content (AvgIpc) is 2.48. The van der Waals surface area contributed by atoms with Crippen LogP contribution in [0.15, 0.2) is 0 Å². The lowest BCUT2D eigenvalue weighted by molar-refractivity contribution is 0.224. The zero-order valence-corrected chi connectivity index (χ0v) is 10.1. The van der Waals surface area contributed by atoms with Crippen molar-refractivity contribution in [2.75, 3.05) is 30.5 Å². The third-order valence-electron chi connectivity index (χ3n) is 2.71. The Morgan fingerprint density at radius 1 is 1.50 bits per heavy atom. The first-order valence-corrected chi connectivity index (χ1v) is 7.45. The molecule has 0 aliphatic carbocycles. The molecular weight excluding hydrogens is 222 g/mol. The van der Waals surface area contributed by atoms with Gasteiger partial charge in [0, 0.05) is 11.9 Å². The molecule has 0 bridgehead atoms. The summed E-state index contributed by atoms with van der Waals surface area (Å²) in [5.74, 6) is 1.34. The Morgan fingerprint density at radius 2 is 2.21 bits per heavy atom. The van der Waals surface area contributed by atoms with Crippen LogP contribution in [0.25, 0.3) is 0 Å². The van der Waals surface area contributed by atoms with Gasteiger partial charge in [0.1, 0.15) is 0 Å². The summed E-state index contributed by atoms with van der Waals surface area (Å²) in [6, 6.07) is 0.230. The highest BCUT2D eigenvalue weighted by molar-refractivity contribution is 7.91. The standard InChI is InChI=1S/C9H18ClNO2S/c1-2-11(6-3-5-10)9-4-7-14(12,13)8-9/h9H,2-8H2,1H3. The molecule has 3 nitrogen and oxygen atoms in total. The van der Waals surface area contributed by atoms with Crippen molar-refractivity contribution in [3.8, 4) is 0 Å². The van der Waals surface area contributed by atoms with Crippen LogP contribution < -0.4 is 0 Å². The zero-order valence-electron chi connectivity index (χ0n) is 8.58. The molecule has 0 saturated carbocycles. The lowest BCUT2D eigenvalue weighted by Gasteiger charge is -2.25. The number of sulfone groups is 1. The van der Waals surface area contributed by atoms with Crippen molar-refractivity contribution in [2.45, 2.75) is 25.8 Å². The number of hydrogen-bond donors (Lipinski definition) is 0. The van der Waals surface area contributed by atoms with E-state index in [0.29, 0.717) is 17.4 Å². The third kappa shape index (κ3) is 3.41. The first kappa shape index (κ1) is 12.3. The molecular formula is C9H18ClNO2S. The summed E-state index contributed by atoms with van der Waals surface area (Å²) in [5.41, 5.74) is 0. The molecule has 1 fully saturated rings. The van der Waals surface area contributed by atoms with Crippen molar-refractivity contribution in [1.82, 2.24) is 4.90 Å². The van der Waals surface area contributed by atoms with Gasteiger partial charge >= 0.3 is 0 Å². The van der Waals surface area contributed by atoms with E-state index in [1.807, 2.05) is 0 Å². The maximum absolute atomic E-state index is 11.3. The first-order chi connectivity index (χ1) is 6.59. The minimum absolute atomic E-state index is 0.230. The summed E-state index contributed by atoms with van der Waals surface area (Å²) in [4.78, 5) is 2.23. The summed E-state index contributed by atoms with van der Waals surface area (Å²) in [5, 5.41) is 0. The molecule has 14 heavy (non-hydrogen) atoms. The lowest BCUT2D eigenvalue weighted by atomic mass is 10.2. The molecule has 0 aromatic heterocycles. The summed E-state index contributed by atoms with van der Waals surface area (Å²) < 4.78 is 22.6. The van der Waals surface area contributed by atoms with Crippen molar-refractivity contribution in [2.24, 2.45) is 0 Å². The second-order valence-corrected chi connectivity index (χ2v) is 6.33. The molecule has 0 spiro atoms. The molecule has 1 saturated heterocycles. The molecule has 5 heteroatoms. The van der Waals surface area contributed by atoms with E-state index in [4.69, 9.17) is 11.6 Å². The number of alkyl halides is 1. The fourth-order valence-corrected chi connectivity index (χ4v) is 3.81. The van der Waals surface area contributed by atoms with E-state index in [9.17, 15) is 8.42 Å². The van der Waals surface area contributed by atoms with E-state index in [2.05, 4.69) is 11.8 Å². The minimum atomic E-state index is -2.75. The molecule has 0 radical (unpaired) electrons. The predicted molar refractivity (Wildman–Crippen MR) is 59.6 cm³/mol. The van der Waals surface area contributed by atoms with Crippen molar-refractivity contribution in [1.29, 1.82) is 0 Å². The third-order valence-corrected chi connectivity index (χ3v) is 4.73. The van der Waals surface area contributed by atoms with Gasteiger partial charge in [-0.3, -0.25) is 4.90 Å². The summed E-state index contributed by atoms with van der Waals surface area (Å²) in [6.45, 7) is 3.90. The lowest BCUT2D eigenvalue weighted by Crippen LogP contribution is -2.36. The molecule has 84 valence electrons. The van der Waals surface area contributed by atoms with Crippen LogP contribution in [0.1, 0.15) is 19.8 Å². The van der Waals surface area contributed by atoms with E-state index in [-0.39, 0.29) is 6.04 Å². The van der Waals surface area contributed by atoms with Crippen molar-refractivity contribution < 1.29 is 8.42 Å². The summed E-state index contributed by atoms with van der Waals surface area (Å²) in [6.07, 6.45) is 1.73. The highest BCUT2D eigenvalue weighted by atomic mass is 35.5. The van der Waals surface area contributed by atoms with E-state index in [1.54, 1.807) is 0 Å². The molecule has 1 rings (SSSR count). The molecule has 1 heterocycles. The van der Waals surface area contributed by atoms with Crippen LogP contribution in [0.3, 0.4) is 0 Å². The Bertz CT molecular complexity index is 266. The molecule has 0 amide bonds. The molecule has 0 aromatic rings. The van der Waals surface area contributed by atoms with Crippen molar-refractivity contribution in [3.05, 3.63) is 0 Å². The van der Waals surface area contributed by atoms with Gasteiger partial charge in [0.25, 0.3) is 0 Å². The monoisotopic (exact) mass is 239 g/mol. The van der Waals surface area contributed by atoms with Crippen LogP contribution in [0.5, 0.6) is 0 Å². The quantitative estimate of drug-likeness (QED) is 0.675. The maximum Gasteiger partial charge on any atom is 0.151 e. The topological polar surface area (TPSA) is 37.4 Å². The van der Waals surface area contributed by atoms with Gasteiger partial charge < -0.3 is 0 Å². The van der Waals surface area contributed by atoms with Gasteiger partial charge in [-0.05, 0) is 25.9 Å². The number of rotatable bonds is 5. The van der Waals surface area contributed by atoms with Crippen LogP contribution in [0.4, 0.5) is 0 Å². The Morgan fingerprint density at radius 3 is 2.64 bits per heavy atom. The zero-order chi connectivity index (χ0) is 10.6. The largest absolute Gasteiger partial charge is 0.300 e. The van der Waals surface area contributed by atoms with E-state index >= 15 is 0 Å². The predicted octanol–water partition coefficient (Wildman–Crippen LogP) is 1.12. The van der Waals surface area contributed by atoms with E-state index in [1.165, 1.54) is 0 Å². The first-order valence-electron chi connectivity index (χ1n) is 5.09. The highest BCUT2D eigenvalue weighted by Gasteiger charge is 2.31. The van der Waals surface area contributed by atoms with Gasteiger partial charge in [-0.25, -0.2) is 8.42 Å². The van der Waals surface area contributed by atoms with E-state index in [0.717, 1.165) is 25.9 Å². The maximum atomic E-state index is 11.3. The van der Waals surface area contributed by atoms with Crippen LogP contribution in [0, 0.1) is 0 Å². The van der Waals surface area contributed by atoms with Gasteiger partial charge in [-0.15, -0.1) is 11.6 Å². The summed E-state index contributed by atoms with van der Waals surface area (Å²) >= 11 is 5.62. The molecule has 1 aliphatic rings. The van der Waals surface area contributed by atoms with Gasteiger partial charge in [0.15, 0.2) is 9.84 Å². The number of hydrogen-bond acceptors (Lipinski definition) is 3. The normalized spacial score (nSPS) is 25.8. The second kappa shape index (κ2) is 5.33. The SMILES string of the molecule is CCN(CCCCl)C1CCS(=O)(=O)C1. The van der Waals surface area contributed by atoms with Crippen LogP contribution >= 0.6 is 11.6 Å². The highest BCUT2D eigenvalue weighted by Crippen LogP contribution is 2.17. The Hall–Kier alpha value is 0.200. The molecule has 0 N–H and O–H groups in total. The van der Waals surface area contributed by atoms with Crippen LogP contribution in [-0.2, 0) is 9.84 Å². The van der Waals surface area contributed by atoms with Gasteiger partial charge in [-0.1, -0.05) is 6.92 Å². The Balaban J connectivity index is 2.46. The fourth-order valence-electron chi connectivity index (χ4n) is 1.93.